The van der Waals surface area contributed by atoms with Gasteiger partial charge in [0.05, 0.1) is 6.10 Å². The van der Waals surface area contributed by atoms with Crippen molar-refractivity contribution in [1.29, 1.82) is 0 Å². The topological polar surface area (TPSA) is 45.7 Å². The molecule has 1 unspecified atom stereocenters. The van der Waals surface area contributed by atoms with Crippen LogP contribution in [0, 0.1) is 5.92 Å². The molecule has 1 heterocycles. The highest BCUT2D eigenvalue weighted by molar-refractivity contribution is 5.79. The third-order valence-corrected chi connectivity index (χ3v) is 3.72. The van der Waals surface area contributed by atoms with Crippen molar-refractivity contribution in [3.8, 4) is 0 Å². The van der Waals surface area contributed by atoms with E-state index in [2.05, 4.69) is 29.5 Å². The van der Waals surface area contributed by atoms with E-state index in [-0.39, 0.29) is 0 Å². The first-order chi connectivity index (χ1) is 8.80. The summed E-state index contributed by atoms with van der Waals surface area (Å²) < 4.78 is 5.60. The molecule has 4 nitrogen and oxygen atoms in total. The van der Waals surface area contributed by atoms with E-state index in [4.69, 9.17) is 4.74 Å². The zero-order valence-corrected chi connectivity index (χ0v) is 12.2. The molecule has 0 spiro atoms. The fourth-order valence-corrected chi connectivity index (χ4v) is 2.26. The maximum Gasteiger partial charge on any atom is 0.190 e. The van der Waals surface area contributed by atoms with Crippen LogP contribution in [0.5, 0.6) is 0 Å². The van der Waals surface area contributed by atoms with Gasteiger partial charge in [-0.05, 0) is 25.2 Å². The SMILES string of the molecule is CCC(CC)CNC(=NC)NCCC1CCCO1. The minimum absolute atomic E-state index is 0.453. The normalized spacial score (nSPS) is 20.4. The Morgan fingerprint density at radius 3 is 2.67 bits per heavy atom. The second-order valence-electron chi connectivity index (χ2n) is 4.99. The fourth-order valence-electron chi connectivity index (χ4n) is 2.26. The minimum atomic E-state index is 0.453. The van der Waals surface area contributed by atoms with Crippen LogP contribution in [0.2, 0.25) is 0 Å². The van der Waals surface area contributed by atoms with Crippen LogP contribution in [0.4, 0.5) is 0 Å². The van der Waals surface area contributed by atoms with Gasteiger partial charge < -0.3 is 15.4 Å². The highest BCUT2D eigenvalue weighted by Crippen LogP contribution is 2.14. The Kier molecular flexibility index (Phi) is 7.81. The van der Waals surface area contributed by atoms with Gasteiger partial charge in [-0.25, -0.2) is 0 Å². The van der Waals surface area contributed by atoms with Gasteiger partial charge in [0, 0.05) is 26.7 Å². The Bertz CT molecular complexity index is 233. The van der Waals surface area contributed by atoms with Gasteiger partial charge in [-0.3, -0.25) is 4.99 Å². The van der Waals surface area contributed by atoms with E-state index in [1.807, 2.05) is 7.05 Å². The molecule has 0 bridgehead atoms. The molecule has 18 heavy (non-hydrogen) atoms. The molecule has 1 rings (SSSR count). The molecule has 1 aliphatic rings. The second kappa shape index (κ2) is 9.20. The summed E-state index contributed by atoms with van der Waals surface area (Å²) in [7, 11) is 1.83. The van der Waals surface area contributed by atoms with Crippen molar-refractivity contribution >= 4 is 5.96 Å². The van der Waals surface area contributed by atoms with Crippen molar-refractivity contribution in [3.05, 3.63) is 0 Å². The van der Waals surface area contributed by atoms with E-state index in [0.29, 0.717) is 6.10 Å². The number of hydrogen-bond acceptors (Lipinski definition) is 2. The molecular weight excluding hydrogens is 226 g/mol. The Hall–Kier alpha value is -0.770. The van der Waals surface area contributed by atoms with Gasteiger partial charge in [0.2, 0.25) is 0 Å². The smallest absolute Gasteiger partial charge is 0.190 e. The first-order valence-electron chi connectivity index (χ1n) is 7.36. The maximum atomic E-state index is 5.60. The Balaban J connectivity index is 2.13. The highest BCUT2D eigenvalue weighted by Gasteiger charge is 2.14. The van der Waals surface area contributed by atoms with Crippen LogP contribution >= 0.6 is 0 Å². The summed E-state index contributed by atoms with van der Waals surface area (Å²) in [5, 5.41) is 6.75. The molecule has 1 aliphatic heterocycles. The monoisotopic (exact) mass is 255 g/mol. The van der Waals surface area contributed by atoms with Gasteiger partial charge in [-0.1, -0.05) is 26.7 Å². The molecular formula is C14H29N3O. The van der Waals surface area contributed by atoms with Gasteiger partial charge in [0.25, 0.3) is 0 Å². The molecule has 1 fully saturated rings. The Morgan fingerprint density at radius 1 is 1.33 bits per heavy atom. The van der Waals surface area contributed by atoms with E-state index in [9.17, 15) is 0 Å². The van der Waals surface area contributed by atoms with E-state index in [1.165, 1.54) is 25.7 Å². The van der Waals surface area contributed by atoms with Gasteiger partial charge in [0.15, 0.2) is 5.96 Å². The average molecular weight is 255 g/mol. The number of guanidine groups is 1. The van der Waals surface area contributed by atoms with Crippen molar-refractivity contribution in [3.63, 3.8) is 0 Å². The quantitative estimate of drug-likeness (QED) is 0.541. The molecule has 106 valence electrons. The molecule has 2 N–H and O–H groups in total. The Morgan fingerprint density at radius 2 is 2.11 bits per heavy atom. The molecule has 1 saturated heterocycles. The second-order valence-corrected chi connectivity index (χ2v) is 4.99. The zero-order chi connectivity index (χ0) is 13.2. The number of aliphatic imine (C=N–C) groups is 1. The fraction of sp³-hybridized carbons (Fsp3) is 0.929. The molecule has 1 atom stereocenters. The van der Waals surface area contributed by atoms with Gasteiger partial charge in [-0.2, -0.15) is 0 Å². The largest absolute Gasteiger partial charge is 0.378 e. The number of ether oxygens (including phenoxy) is 1. The van der Waals surface area contributed by atoms with E-state index in [0.717, 1.165) is 38.0 Å². The van der Waals surface area contributed by atoms with Crippen LogP contribution < -0.4 is 10.6 Å². The van der Waals surface area contributed by atoms with Gasteiger partial charge in [0.1, 0.15) is 0 Å². The molecule has 0 aromatic rings. The summed E-state index contributed by atoms with van der Waals surface area (Å²) in [5.74, 6) is 1.65. The highest BCUT2D eigenvalue weighted by atomic mass is 16.5. The van der Waals surface area contributed by atoms with Crippen LogP contribution in [-0.4, -0.2) is 38.8 Å². The summed E-state index contributed by atoms with van der Waals surface area (Å²) >= 11 is 0. The lowest BCUT2D eigenvalue weighted by molar-refractivity contribution is 0.105. The standard InChI is InChI=1S/C14H29N3O/c1-4-12(5-2)11-17-14(15-3)16-9-8-13-7-6-10-18-13/h12-13H,4-11H2,1-3H3,(H2,15,16,17). The molecule has 0 aliphatic carbocycles. The maximum absolute atomic E-state index is 5.60. The number of nitrogens with one attached hydrogen (secondary N) is 2. The number of hydrogen-bond donors (Lipinski definition) is 2. The van der Waals surface area contributed by atoms with Crippen LogP contribution in [0.25, 0.3) is 0 Å². The molecule has 0 amide bonds. The zero-order valence-electron chi connectivity index (χ0n) is 12.2. The molecule has 4 heteroatoms. The molecule has 0 aromatic carbocycles. The lowest BCUT2D eigenvalue weighted by Gasteiger charge is -2.17. The van der Waals surface area contributed by atoms with Crippen LogP contribution in [-0.2, 0) is 4.74 Å². The lowest BCUT2D eigenvalue weighted by atomic mass is 10.0. The van der Waals surface area contributed by atoms with E-state index >= 15 is 0 Å². The summed E-state index contributed by atoms with van der Waals surface area (Å²) in [4.78, 5) is 4.25. The first kappa shape index (κ1) is 15.3. The number of rotatable bonds is 7. The van der Waals surface area contributed by atoms with E-state index in [1.54, 1.807) is 0 Å². The van der Waals surface area contributed by atoms with Crippen LogP contribution in [0.15, 0.2) is 4.99 Å². The lowest BCUT2D eigenvalue weighted by Crippen LogP contribution is -2.40. The molecule has 0 saturated carbocycles. The number of nitrogens with zero attached hydrogens (tertiary/aromatic N) is 1. The van der Waals surface area contributed by atoms with Crippen molar-refractivity contribution in [2.45, 2.75) is 52.1 Å². The third-order valence-electron chi connectivity index (χ3n) is 3.72. The average Bonchev–Trinajstić information content (AvgIpc) is 2.91. The first-order valence-corrected chi connectivity index (χ1v) is 7.36. The van der Waals surface area contributed by atoms with Crippen molar-refractivity contribution in [1.82, 2.24) is 10.6 Å². The molecule has 0 radical (unpaired) electrons. The van der Waals surface area contributed by atoms with Crippen molar-refractivity contribution in [2.24, 2.45) is 10.9 Å². The summed E-state index contributed by atoms with van der Waals surface area (Å²) in [6, 6.07) is 0. The third kappa shape index (κ3) is 5.71. The van der Waals surface area contributed by atoms with Gasteiger partial charge >= 0.3 is 0 Å². The molecule has 0 aromatic heterocycles. The van der Waals surface area contributed by atoms with Crippen molar-refractivity contribution < 1.29 is 4.74 Å². The van der Waals surface area contributed by atoms with Gasteiger partial charge in [-0.15, -0.1) is 0 Å². The Labute approximate surface area is 112 Å². The van der Waals surface area contributed by atoms with Crippen LogP contribution in [0.3, 0.4) is 0 Å². The van der Waals surface area contributed by atoms with Crippen molar-refractivity contribution in [2.75, 3.05) is 26.7 Å². The predicted molar refractivity (Wildman–Crippen MR) is 77.0 cm³/mol. The van der Waals surface area contributed by atoms with E-state index < -0.39 is 0 Å². The predicted octanol–water partition coefficient (Wildman–Crippen LogP) is 2.16. The van der Waals surface area contributed by atoms with Crippen LogP contribution in [0.1, 0.15) is 46.0 Å². The summed E-state index contributed by atoms with van der Waals surface area (Å²) in [6.45, 7) is 7.36. The summed E-state index contributed by atoms with van der Waals surface area (Å²) in [6.07, 6.45) is 6.39. The minimum Gasteiger partial charge on any atom is -0.378 e. The summed E-state index contributed by atoms with van der Waals surface area (Å²) in [5.41, 5.74) is 0.